The number of hydrogen-bond donors (Lipinski definition) is 2. The van der Waals surface area contributed by atoms with Gasteiger partial charge in [0.15, 0.2) is 0 Å². The Morgan fingerprint density at radius 3 is 2.72 bits per heavy atom. The van der Waals surface area contributed by atoms with Gasteiger partial charge in [0, 0.05) is 12.6 Å². The summed E-state index contributed by atoms with van der Waals surface area (Å²) in [5, 5.41) is 8.75. The maximum absolute atomic E-state index is 12.1. The molecule has 6 nitrogen and oxygen atoms in total. The fourth-order valence-corrected chi connectivity index (χ4v) is 2.74. The van der Waals surface area contributed by atoms with Crippen LogP contribution in [0, 0.1) is 11.3 Å². The standard InChI is InChI=1S/C11H15N3O3S/c1-8(6-12)14-18(15,16)11-4-3-9(7-13)5-10(11)17-2/h3-5,8,14H,6,12H2,1-2H3/t8-/m0/s1. The van der Waals surface area contributed by atoms with Crippen LogP contribution >= 0.6 is 0 Å². The highest BCUT2D eigenvalue weighted by Gasteiger charge is 2.21. The minimum atomic E-state index is -3.70. The third kappa shape index (κ3) is 3.20. The van der Waals surface area contributed by atoms with Gasteiger partial charge < -0.3 is 10.5 Å². The van der Waals surface area contributed by atoms with E-state index in [1.807, 2.05) is 6.07 Å². The van der Waals surface area contributed by atoms with Gasteiger partial charge in [-0.2, -0.15) is 5.26 Å². The average molecular weight is 269 g/mol. The van der Waals surface area contributed by atoms with Crippen LogP contribution in [0.4, 0.5) is 0 Å². The molecule has 0 fully saturated rings. The van der Waals surface area contributed by atoms with Gasteiger partial charge in [-0.15, -0.1) is 0 Å². The zero-order valence-corrected chi connectivity index (χ0v) is 11.0. The Morgan fingerprint density at radius 2 is 2.22 bits per heavy atom. The predicted octanol–water partition coefficient (Wildman–Crippen LogP) is 0.192. The van der Waals surface area contributed by atoms with Crippen LogP contribution < -0.4 is 15.2 Å². The molecule has 0 unspecified atom stereocenters. The number of rotatable bonds is 5. The topological polar surface area (TPSA) is 105 Å². The van der Waals surface area contributed by atoms with Gasteiger partial charge in [-0.05, 0) is 25.1 Å². The molecule has 1 aromatic carbocycles. The molecule has 0 saturated carbocycles. The molecule has 0 aliphatic carbocycles. The van der Waals surface area contributed by atoms with Gasteiger partial charge in [0.2, 0.25) is 10.0 Å². The summed E-state index contributed by atoms with van der Waals surface area (Å²) in [4.78, 5) is -0.00991. The third-order valence-electron chi connectivity index (χ3n) is 2.29. The second kappa shape index (κ2) is 5.82. The highest BCUT2D eigenvalue weighted by molar-refractivity contribution is 7.89. The molecule has 0 spiro atoms. The zero-order valence-electron chi connectivity index (χ0n) is 10.2. The molecule has 0 saturated heterocycles. The maximum Gasteiger partial charge on any atom is 0.244 e. The normalized spacial score (nSPS) is 12.8. The van der Waals surface area contributed by atoms with Gasteiger partial charge in [0.05, 0.1) is 18.7 Å². The molecule has 0 amide bonds. The van der Waals surface area contributed by atoms with E-state index < -0.39 is 10.0 Å². The number of methoxy groups -OCH3 is 1. The van der Waals surface area contributed by atoms with E-state index in [1.165, 1.54) is 25.3 Å². The van der Waals surface area contributed by atoms with E-state index in [2.05, 4.69) is 4.72 Å². The van der Waals surface area contributed by atoms with Gasteiger partial charge in [0.1, 0.15) is 10.6 Å². The van der Waals surface area contributed by atoms with Crippen molar-refractivity contribution >= 4 is 10.0 Å². The van der Waals surface area contributed by atoms with Crippen LogP contribution in [-0.2, 0) is 10.0 Å². The molecule has 0 radical (unpaired) electrons. The summed E-state index contributed by atoms with van der Waals surface area (Å²) in [6.07, 6.45) is 0. The summed E-state index contributed by atoms with van der Waals surface area (Å²) >= 11 is 0. The number of nitriles is 1. The van der Waals surface area contributed by atoms with Crippen molar-refractivity contribution in [3.8, 4) is 11.8 Å². The smallest absolute Gasteiger partial charge is 0.244 e. The molecule has 98 valence electrons. The number of nitrogens with zero attached hydrogens (tertiary/aromatic N) is 1. The largest absolute Gasteiger partial charge is 0.495 e. The van der Waals surface area contributed by atoms with Crippen molar-refractivity contribution in [1.29, 1.82) is 5.26 Å². The zero-order chi connectivity index (χ0) is 13.8. The molecule has 1 atom stereocenters. The molecule has 0 aromatic heterocycles. The summed E-state index contributed by atoms with van der Waals surface area (Å²) in [5.74, 6) is 0.130. The van der Waals surface area contributed by atoms with E-state index in [0.717, 1.165) is 0 Å². The van der Waals surface area contributed by atoms with Crippen LogP contribution in [0.5, 0.6) is 5.75 Å². The number of hydrogen-bond acceptors (Lipinski definition) is 5. The lowest BCUT2D eigenvalue weighted by Gasteiger charge is -2.14. The first kappa shape index (κ1) is 14.4. The molecular formula is C11H15N3O3S. The van der Waals surface area contributed by atoms with Crippen LogP contribution in [0.2, 0.25) is 0 Å². The molecule has 0 aliphatic heterocycles. The average Bonchev–Trinajstić information content (AvgIpc) is 2.37. The first-order valence-corrected chi connectivity index (χ1v) is 6.73. The van der Waals surface area contributed by atoms with Crippen molar-refractivity contribution in [1.82, 2.24) is 4.72 Å². The van der Waals surface area contributed by atoms with E-state index in [4.69, 9.17) is 15.7 Å². The fraction of sp³-hybridized carbons (Fsp3) is 0.364. The molecule has 7 heteroatoms. The van der Waals surface area contributed by atoms with Crippen molar-refractivity contribution in [2.45, 2.75) is 17.9 Å². The quantitative estimate of drug-likeness (QED) is 0.794. The first-order valence-electron chi connectivity index (χ1n) is 5.25. The summed E-state index contributed by atoms with van der Waals surface area (Å²) < 4.78 is 31.5. The van der Waals surface area contributed by atoms with E-state index >= 15 is 0 Å². The molecule has 0 bridgehead atoms. The van der Waals surface area contributed by atoms with Crippen molar-refractivity contribution in [2.75, 3.05) is 13.7 Å². The Hall–Kier alpha value is -1.62. The Morgan fingerprint density at radius 1 is 1.56 bits per heavy atom. The maximum atomic E-state index is 12.1. The Balaban J connectivity index is 3.21. The second-order valence-electron chi connectivity index (χ2n) is 3.74. The number of sulfonamides is 1. The number of nitrogens with two attached hydrogens (primary N) is 1. The molecule has 18 heavy (non-hydrogen) atoms. The first-order chi connectivity index (χ1) is 8.44. The molecule has 3 N–H and O–H groups in total. The van der Waals surface area contributed by atoms with E-state index in [-0.39, 0.29) is 23.2 Å². The summed E-state index contributed by atoms with van der Waals surface area (Å²) in [7, 11) is -2.35. The van der Waals surface area contributed by atoms with E-state index in [0.29, 0.717) is 5.56 Å². The van der Waals surface area contributed by atoms with Crippen molar-refractivity contribution < 1.29 is 13.2 Å². The minimum Gasteiger partial charge on any atom is -0.495 e. The van der Waals surface area contributed by atoms with Gasteiger partial charge in [0.25, 0.3) is 0 Å². The second-order valence-corrected chi connectivity index (χ2v) is 5.42. The Bertz CT molecular complexity index is 563. The summed E-state index contributed by atoms with van der Waals surface area (Å²) in [6, 6.07) is 5.67. The fourth-order valence-electron chi connectivity index (χ4n) is 1.34. The number of benzene rings is 1. The highest BCUT2D eigenvalue weighted by Crippen LogP contribution is 2.24. The minimum absolute atomic E-state index is 0.00991. The Labute approximate surface area is 106 Å². The van der Waals surface area contributed by atoms with E-state index in [1.54, 1.807) is 6.92 Å². The molecule has 0 aliphatic rings. The third-order valence-corrected chi connectivity index (χ3v) is 3.92. The van der Waals surface area contributed by atoms with Gasteiger partial charge >= 0.3 is 0 Å². The monoisotopic (exact) mass is 269 g/mol. The van der Waals surface area contributed by atoms with Crippen LogP contribution in [-0.4, -0.2) is 28.1 Å². The molecule has 1 rings (SSSR count). The van der Waals surface area contributed by atoms with Crippen LogP contribution in [0.15, 0.2) is 23.1 Å². The van der Waals surface area contributed by atoms with Crippen LogP contribution in [0.25, 0.3) is 0 Å². The lowest BCUT2D eigenvalue weighted by molar-refractivity contribution is 0.402. The van der Waals surface area contributed by atoms with E-state index in [9.17, 15) is 8.42 Å². The predicted molar refractivity (Wildman–Crippen MR) is 66.5 cm³/mol. The summed E-state index contributed by atoms with van der Waals surface area (Å²) in [6.45, 7) is 1.85. The lowest BCUT2D eigenvalue weighted by atomic mass is 10.2. The van der Waals surface area contributed by atoms with Gasteiger partial charge in [-0.1, -0.05) is 0 Å². The SMILES string of the molecule is COc1cc(C#N)ccc1S(=O)(=O)N[C@@H](C)CN. The van der Waals surface area contributed by atoms with Gasteiger partial charge in [-0.3, -0.25) is 0 Å². The lowest BCUT2D eigenvalue weighted by Crippen LogP contribution is -2.37. The number of ether oxygens (including phenoxy) is 1. The highest BCUT2D eigenvalue weighted by atomic mass is 32.2. The summed E-state index contributed by atoms with van der Waals surface area (Å²) in [5.41, 5.74) is 5.70. The van der Waals surface area contributed by atoms with Crippen molar-refractivity contribution in [3.05, 3.63) is 23.8 Å². The van der Waals surface area contributed by atoms with Crippen LogP contribution in [0.3, 0.4) is 0 Å². The van der Waals surface area contributed by atoms with Crippen molar-refractivity contribution in [3.63, 3.8) is 0 Å². The van der Waals surface area contributed by atoms with Crippen LogP contribution in [0.1, 0.15) is 12.5 Å². The molecule has 1 aromatic rings. The molecule has 0 heterocycles. The molecular weight excluding hydrogens is 254 g/mol. The van der Waals surface area contributed by atoms with Gasteiger partial charge in [-0.25, -0.2) is 13.1 Å². The van der Waals surface area contributed by atoms with Crippen molar-refractivity contribution in [2.24, 2.45) is 5.73 Å². The Kier molecular flexibility index (Phi) is 4.67. The number of nitrogens with one attached hydrogen (secondary N) is 1.